The predicted molar refractivity (Wildman–Crippen MR) is 76.3 cm³/mol. The minimum absolute atomic E-state index is 0.207. The molecule has 0 atom stereocenters. The highest BCUT2D eigenvalue weighted by molar-refractivity contribution is 5.69. The zero-order valence-corrected chi connectivity index (χ0v) is 13.1. The second kappa shape index (κ2) is 5.07. The van der Waals surface area contributed by atoms with Gasteiger partial charge in [-0.05, 0) is 52.9 Å². The second-order valence-corrected chi connectivity index (χ2v) is 7.57. The van der Waals surface area contributed by atoms with Gasteiger partial charge in [-0.3, -0.25) is 0 Å². The normalized spacial score (nSPS) is 26.6. The first-order valence-electron chi connectivity index (χ1n) is 7.65. The Morgan fingerprint density at radius 3 is 2.00 bits per heavy atom. The number of rotatable bonds is 2. The van der Waals surface area contributed by atoms with E-state index in [9.17, 15) is 13.6 Å². The molecule has 3 N–H and O–H groups in total. The van der Waals surface area contributed by atoms with Crippen molar-refractivity contribution in [2.75, 3.05) is 0 Å². The SMILES string of the molecule is CC(C)(C)OC(=O)NC1(C2(N)CCC(F)(F)CC2)CCC1. The van der Waals surface area contributed by atoms with Crippen molar-refractivity contribution in [3.8, 4) is 0 Å². The van der Waals surface area contributed by atoms with Gasteiger partial charge in [0.2, 0.25) is 5.92 Å². The Bertz CT molecular complexity index is 404. The molecule has 0 aromatic heterocycles. The highest BCUT2D eigenvalue weighted by atomic mass is 19.3. The van der Waals surface area contributed by atoms with E-state index in [2.05, 4.69) is 5.32 Å². The number of ether oxygens (including phenoxy) is 1. The molecule has 1 amide bonds. The van der Waals surface area contributed by atoms with E-state index in [1.165, 1.54) is 0 Å². The van der Waals surface area contributed by atoms with Crippen LogP contribution in [0, 0.1) is 0 Å². The van der Waals surface area contributed by atoms with Gasteiger partial charge in [-0.25, -0.2) is 13.6 Å². The lowest BCUT2D eigenvalue weighted by molar-refractivity contribution is -0.0758. The Hall–Kier alpha value is -0.910. The first kappa shape index (κ1) is 16.5. The van der Waals surface area contributed by atoms with Gasteiger partial charge in [-0.15, -0.1) is 0 Å². The van der Waals surface area contributed by atoms with E-state index >= 15 is 0 Å². The first-order chi connectivity index (χ1) is 9.47. The lowest BCUT2D eigenvalue weighted by atomic mass is 9.58. The summed E-state index contributed by atoms with van der Waals surface area (Å²) >= 11 is 0. The molecule has 0 radical (unpaired) electrons. The fraction of sp³-hybridized carbons (Fsp3) is 0.933. The van der Waals surface area contributed by atoms with Crippen LogP contribution in [0.5, 0.6) is 0 Å². The molecular formula is C15H26F2N2O2. The third-order valence-electron chi connectivity index (χ3n) is 4.77. The molecule has 2 aliphatic rings. The zero-order chi connectivity index (χ0) is 15.9. The summed E-state index contributed by atoms with van der Waals surface area (Å²) in [6.45, 7) is 5.37. The van der Waals surface area contributed by atoms with Crippen molar-refractivity contribution in [2.45, 2.75) is 88.3 Å². The number of halogens is 2. The molecule has 0 heterocycles. The molecule has 0 saturated heterocycles. The van der Waals surface area contributed by atoms with Gasteiger partial charge < -0.3 is 15.8 Å². The lowest BCUT2D eigenvalue weighted by Crippen LogP contribution is -2.73. The Labute approximate surface area is 124 Å². The topological polar surface area (TPSA) is 64.3 Å². The summed E-state index contributed by atoms with van der Waals surface area (Å²) in [5.74, 6) is -2.63. The highest BCUT2D eigenvalue weighted by Crippen LogP contribution is 2.49. The van der Waals surface area contributed by atoms with Crippen LogP contribution in [0.2, 0.25) is 0 Å². The van der Waals surface area contributed by atoms with E-state index in [1.807, 2.05) is 0 Å². The van der Waals surface area contributed by atoms with Crippen LogP contribution in [0.1, 0.15) is 65.7 Å². The fourth-order valence-electron chi connectivity index (χ4n) is 3.32. The summed E-state index contributed by atoms with van der Waals surface area (Å²) in [5, 5.41) is 2.89. The van der Waals surface area contributed by atoms with E-state index in [0.717, 1.165) is 19.3 Å². The monoisotopic (exact) mass is 304 g/mol. The molecule has 0 spiro atoms. The summed E-state index contributed by atoms with van der Waals surface area (Å²) in [6, 6.07) is 0. The molecule has 2 fully saturated rings. The number of alkyl carbamates (subject to hydrolysis) is 1. The summed E-state index contributed by atoms with van der Waals surface area (Å²) < 4.78 is 32.0. The van der Waals surface area contributed by atoms with E-state index in [4.69, 9.17) is 10.5 Å². The molecule has 2 saturated carbocycles. The van der Waals surface area contributed by atoms with Gasteiger partial charge in [0.15, 0.2) is 0 Å². The Kier molecular flexibility index (Phi) is 3.98. The van der Waals surface area contributed by atoms with Gasteiger partial charge in [0.05, 0.1) is 5.54 Å². The largest absolute Gasteiger partial charge is 0.444 e. The van der Waals surface area contributed by atoms with Crippen molar-refractivity contribution >= 4 is 6.09 Å². The number of amides is 1. The van der Waals surface area contributed by atoms with Crippen LogP contribution in [0.25, 0.3) is 0 Å². The van der Waals surface area contributed by atoms with Crippen LogP contribution < -0.4 is 11.1 Å². The molecule has 6 heteroatoms. The maximum absolute atomic E-state index is 13.4. The quantitative estimate of drug-likeness (QED) is 0.822. The first-order valence-corrected chi connectivity index (χ1v) is 7.65. The van der Waals surface area contributed by atoms with Crippen LogP contribution in [0.15, 0.2) is 0 Å². The van der Waals surface area contributed by atoms with Gasteiger partial charge in [-0.2, -0.15) is 0 Å². The van der Waals surface area contributed by atoms with Crippen molar-refractivity contribution < 1.29 is 18.3 Å². The van der Waals surface area contributed by atoms with E-state index in [0.29, 0.717) is 0 Å². The number of nitrogens with one attached hydrogen (secondary N) is 1. The molecule has 2 aliphatic carbocycles. The van der Waals surface area contributed by atoms with Crippen molar-refractivity contribution in [3.63, 3.8) is 0 Å². The molecule has 0 unspecified atom stereocenters. The molecule has 21 heavy (non-hydrogen) atoms. The predicted octanol–water partition coefficient (Wildman–Crippen LogP) is 3.34. The van der Waals surface area contributed by atoms with Gasteiger partial charge in [0.25, 0.3) is 0 Å². The molecule has 4 nitrogen and oxygen atoms in total. The van der Waals surface area contributed by atoms with Crippen LogP contribution in [-0.2, 0) is 4.74 Å². The number of hydrogen-bond acceptors (Lipinski definition) is 3. The Morgan fingerprint density at radius 1 is 1.10 bits per heavy atom. The lowest BCUT2D eigenvalue weighted by Gasteiger charge is -2.56. The molecule has 122 valence electrons. The number of carbonyl (C=O) groups excluding carboxylic acids is 1. The van der Waals surface area contributed by atoms with Gasteiger partial charge >= 0.3 is 6.09 Å². The standard InChI is InChI=1S/C15H26F2N2O2/c1-12(2,3)21-11(20)19-14(5-4-6-14)13(18)7-9-15(16,17)10-8-13/h4-10,18H2,1-3H3,(H,19,20). The van der Waals surface area contributed by atoms with E-state index < -0.39 is 28.7 Å². The average molecular weight is 304 g/mol. The van der Waals surface area contributed by atoms with E-state index in [-0.39, 0.29) is 25.7 Å². The third-order valence-corrected chi connectivity index (χ3v) is 4.77. The van der Waals surface area contributed by atoms with Crippen LogP contribution in [0.4, 0.5) is 13.6 Å². The zero-order valence-electron chi connectivity index (χ0n) is 13.1. The van der Waals surface area contributed by atoms with Crippen molar-refractivity contribution in [1.29, 1.82) is 0 Å². The van der Waals surface area contributed by atoms with Gasteiger partial charge in [0.1, 0.15) is 5.60 Å². The maximum atomic E-state index is 13.4. The molecule has 0 aliphatic heterocycles. The molecule has 0 aromatic carbocycles. The minimum atomic E-state index is -2.63. The van der Waals surface area contributed by atoms with Gasteiger partial charge in [0, 0.05) is 18.4 Å². The van der Waals surface area contributed by atoms with E-state index in [1.54, 1.807) is 20.8 Å². The number of hydrogen-bond donors (Lipinski definition) is 2. The number of nitrogens with two attached hydrogens (primary N) is 1. The van der Waals surface area contributed by atoms with Crippen molar-refractivity contribution in [2.24, 2.45) is 5.73 Å². The fourth-order valence-corrected chi connectivity index (χ4v) is 3.32. The molecule has 0 aromatic rings. The highest BCUT2D eigenvalue weighted by Gasteiger charge is 2.57. The van der Waals surface area contributed by atoms with Crippen LogP contribution in [-0.4, -0.2) is 28.7 Å². The number of alkyl halides is 2. The summed E-state index contributed by atoms with van der Waals surface area (Å²) in [5.41, 5.74) is 4.49. The second-order valence-electron chi connectivity index (χ2n) is 7.57. The summed E-state index contributed by atoms with van der Waals surface area (Å²) in [6.07, 6.45) is 1.95. The third kappa shape index (κ3) is 3.47. The van der Waals surface area contributed by atoms with Crippen LogP contribution in [0.3, 0.4) is 0 Å². The molecular weight excluding hydrogens is 278 g/mol. The molecule has 0 bridgehead atoms. The summed E-state index contributed by atoms with van der Waals surface area (Å²) in [7, 11) is 0. The van der Waals surface area contributed by atoms with Crippen LogP contribution >= 0.6 is 0 Å². The Balaban J connectivity index is 2.06. The number of carbonyl (C=O) groups is 1. The minimum Gasteiger partial charge on any atom is -0.444 e. The molecule has 2 rings (SSSR count). The Morgan fingerprint density at radius 2 is 1.62 bits per heavy atom. The van der Waals surface area contributed by atoms with Gasteiger partial charge in [-0.1, -0.05) is 0 Å². The maximum Gasteiger partial charge on any atom is 0.408 e. The average Bonchev–Trinajstić information content (AvgIpc) is 2.26. The summed E-state index contributed by atoms with van der Waals surface area (Å²) in [4.78, 5) is 12.0. The smallest absolute Gasteiger partial charge is 0.408 e. The van der Waals surface area contributed by atoms with Crippen molar-refractivity contribution in [1.82, 2.24) is 5.32 Å². The van der Waals surface area contributed by atoms with Crippen molar-refractivity contribution in [3.05, 3.63) is 0 Å².